The highest BCUT2D eigenvalue weighted by atomic mass is 79.9. The number of aliphatic carboxylic acids is 1. The molecular weight excluding hydrogens is 422 g/mol. The monoisotopic (exact) mass is 445 g/mol. The lowest BCUT2D eigenvalue weighted by molar-refractivity contribution is -0.142. The first kappa shape index (κ1) is 21.0. The summed E-state index contributed by atoms with van der Waals surface area (Å²) in [7, 11) is -1.55. The van der Waals surface area contributed by atoms with Crippen molar-refractivity contribution in [3.05, 3.63) is 28.5 Å². The molecule has 9 heteroatoms. The quantitative estimate of drug-likeness (QED) is 0.557. The third-order valence-corrected chi connectivity index (χ3v) is 6.21. The number of carboxylic acid groups (broad SMARTS) is 1. The highest BCUT2D eigenvalue weighted by Crippen LogP contribution is 2.38. The van der Waals surface area contributed by atoms with Gasteiger partial charge in [-0.2, -0.15) is 0 Å². The Morgan fingerprint density at radius 2 is 2.00 bits per heavy atom. The van der Waals surface area contributed by atoms with E-state index < -0.39 is 33.8 Å². The van der Waals surface area contributed by atoms with Crippen LogP contribution < -0.4 is 10.0 Å². The first-order valence-electron chi connectivity index (χ1n) is 8.34. The third kappa shape index (κ3) is 5.34. The molecule has 0 aliphatic heterocycles. The van der Waals surface area contributed by atoms with Gasteiger partial charge in [0.05, 0.1) is 27.5 Å². The van der Waals surface area contributed by atoms with Gasteiger partial charge >= 0.3 is 5.97 Å². The molecule has 0 saturated heterocycles. The van der Waals surface area contributed by atoms with E-state index in [4.69, 9.17) is 0 Å². The fourth-order valence-corrected chi connectivity index (χ4v) is 3.62. The molecule has 1 saturated carbocycles. The zero-order chi connectivity index (χ0) is 19.6. The molecule has 3 N–H and O–H groups in total. The van der Waals surface area contributed by atoms with E-state index in [-0.39, 0.29) is 17.7 Å². The Morgan fingerprint density at radius 1 is 1.38 bits per heavy atom. The summed E-state index contributed by atoms with van der Waals surface area (Å²) in [5.74, 6) is -1.42. The number of carbonyl (C=O) groups is 2. The molecule has 1 fully saturated rings. The molecule has 1 aliphatic rings. The van der Waals surface area contributed by atoms with Crippen molar-refractivity contribution < 1.29 is 18.9 Å². The molecule has 1 amide bonds. The first-order chi connectivity index (χ1) is 12.0. The van der Waals surface area contributed by atoms with Crippen LogP contribution in [0.2, 0.25) is 0 Å². The summed E-state index contributed by atoms with van der Waals surface area (Å²) in [6.45, 7) is 7.28. The highest BCUT2D eigenvalue weighted by Gasteiger charge is 2.43. The van der Waals surface area contributed by atoms with Gasteiger partial charge in [0.15, 0.2) is 0 Å². The summed E-state index contributed by atoms with van der Waals surface area (Å²) >= 11 is 3.26. The Morgan fingerprint density at radius 3 is 2.46 bits per heavy atom. The number of nitrogens with zero attached hydrogens (tertiary/aromatic N) is 1. The van der Waals surface area contributed by atoms with E-state index in [0.717, 1.165) is 6.42 Å². The van der Waals surface area contributed by atoms with Gasteiger partial charge in [0.25, 0.3) is 0 Å². The maximum atomic E-state index is 12.6. The predicted octanol–water partition coefficient (Wildman–Crippen LogP) is 2.16. The van der Waals surface area contributed by atoms with Crippen molar-refractivity contribution in [3.8, 4) is 0 Å². The molecule has 7 nitrogen and oxygen atoms in total. The fraction of sp³-hybridized carbons (Fsp3) is 0.588. The number of carbonyl (C=O) groups excluding carboxylic acids is 1. The molecule has 26 heavy (non-hydrogen) atoms. The molecule has 1 aliphatic carbocycles. The van der Waals surface area contributed by atoms with Gasteiger partial charge in [-0.1, -0.05) is 13.0 Å². The Balaban J connectivity index is 2.33. The van der Waals surface area contributed by atoms with Crippen LogP contribution in [0.3, 0.4) is 0 Å². The second-order valence-electron chi connectivity index (χ2n) is 7.51. The minimum absolute atomic E-state index is 0.166. The smallest absolute Gasteiger partial charge is 0.328 e. The van der Waals surface area contributed by atoms with Crippen LogP contribution in [-0.4, -0.2) is 37.0 Å². The number of nitrogens with one attached hydrogen (secondary N) is 2. The van der Waals surface area contributed by atoms with Gasteiger partial charge in [0.1, 0.15) is 10.6 Å². The van der Waals surface area contributed by atoms with Gasteiger partial charge in [-0.3, -0.25) is 4.79 Å². The van der Waals surface area contributed by atoms with Crippen molar-refractivity contribution >= 4 is 38.8 Å². The zero-order valence-electron chi connectivity index (χ0n) is 15.2. The molecule has 0 spiro atoms. The lowest BCUT2D eigenvalue weighted by Gasteiger charge is -2.28. The summed E-state index contributed by atoms with van der Waals surface area (Å²) in [6, 6.07) is 2.84. The van der Waals surface area contributed by atoms with Crippen LogP contribution in [-0.2, 0) is 20.6 Å². The lowest BCUT2D eigenvalue weighted by atomic mass is 10.0. The highest BCUT2D eigenvalue weighted by molar-refractivity contribution is 9.10. The Labute approximate surface area is 164 Å². The van der Waals surface area contributed by atoms with E-state index in [9.17, 15) is 18.9 Å². The first-order valence-corrected chi connectivity index (χ1v) is 10.3. The van der Waals surface area contributed by atoms with E-state index in [0.29, 0.717) is 10.3 Å². The van der Waals surface area contributed by atoms with Crippen molar-refractivity contribution in [2.45, 2.75) is 50.9 Å². The van der Waals surface area contributed by atoms with Crippen LogP contribution in [0.15, 0.2) is 22.8 Å². The van der Waals surface area contributed by atoms with Crippen LogP contribution in [0, 0.1) is 11.8 Å². The van der Waals surface area contributed by atoms with Crippen LogP contribution in [0.5, 0.6) is 0 Å². The maximum absolute atomic E-state index is 12.6. The standard InChI is InChI=1S/C17H24BrN3O4S/c1-9-8-10(9)15(22)20-14(16(23)24)13(21-26(25)17(2,3)4)11-6-5-7-12(18)19-11/h5-7,9-10,13-14,21H,8H2,1-4H3,(H,20,22)(H,23,24)/t9-,10-,13+,14-,26-/m0/s1. The number of carboxylic acids is 1. The van der Waals surface area contributed by atoms with Crippen LogP contribution in [0.25, 0.3) is 0 Å². The average molecular weight is 446 g/mol. The molecule has 1 aromatic rings. The SMILES string of the molecule is C[C@H]1C[C@@H]1C(=O)N[C@H](C(=O)O)[C@H](N[S@@](=O)C(C)(C)C)c1cccc(Br)n1. The number of hydrogen-bond donors (Lipinski definition) is 3. The summed E-state index contributed by atoms with van der Waals surface area (Å²) in [5, 5.41) is 12.3. The normalized spacial score (nSPS) is 23.0. The Kier molecular flexibility index (Phi) is 6.57. The van der Waals surface area contributed by atoms with Crippen molar-refractivity contribution in [1.29, 1.82) is 0 Å². The predicted molar refractivity (Wildman–Crippen MR) is 103 cm³/mol. The average Bonchev–Trinajstić information content (AvgIpc) is 3.26. The minimum Gasteiger partial charge on any atom is -0.480 e. The Hall–Kier alpha value is -1.32. The largest absolute Gasteiger partial charge is 0.480 e. The second kappa shape index (κ2) is 8.14. The van der Waals surface area contributed by atoms with Crippen molar-refractivity contribution in [1.82, 2.24) is 15.0 Å². The van der Waals surface area contributed by atoms with Gasteiger partial charge < -0.3 is 10.4 Å². The van der Waals surface area contributed by atoms with Crippen molar-refractivity contribution in [3.63, 3.8) is 0 Å². The molecule has 0 unspecified atom stereocenters. The third-order valence-electron chi connectivity index (χ3n) is 4.19. The number of hydrogen-bond acceptors (Lipinski definition) is 4. The molecule has 1 heterocycles. The zero-order valence-corrected chi connectivity index (χ0v) is 17.6. The van der Waals surface area contributed by atoms with E-state index in [1.54, 1.807) is 39.0 Å². The summed E-state index contributed by atoms with van der Waals surface area (Å²) in [4.78, 5) is 28.5. The molecule has 144 valence electrons. The van der Waals surface area contributed by atoms with Gasteiger partial charge in [-0.15, -0.1) is 0 Å². The maximum Gasteiger partial charge on any atom is 0.328 e. The fourth-order valence-electron chi connectivity index (χ4n) is 2.42. The molecule has 0 radical (unpaired) electrons. The van der Waals surface area contributed by atoms with Crippen LogP contribution >= 0.6 is 15.9 Å². The van der Waals surface area contributed by atoms with E-state index in [1.807, 2.05) is 6.92 Å². The molecule has 5 atom stereocenters. The van der Waals surface area contributed by atoms with E-state index in [2.05, 4.69) is 31.0 Å². The van der Waals surface area contributed by atoms with Gasteiger partial charge in [0, 0.05) is 5.92 Å². The topological polar surface area (TPSA) is 108 Å². The molecule has 2 rings (SSSR count). The number of halogens is 1. The summed E-state index contributed by atoms with van der Waals surface area (Å²) in [5.41, 5.74) is 0.383. The van der Waals surface area contributed by atoms with Gasteiger partial charge in [-0.25, -0.2) is 18.7 Å². The van der Waals surface area contributed by atoms with E-state index >= 15 is 0 Å². The number of amides is 1. The van der Waals surface area contributed by atoms with Crippen LogP contribution in [0.1, 0.15) is 45.9 Å². The summed E-state index contributed by atoms with van der Waals surface area (Å²) in [6.07, 6.45) is 0.749. The number of aromatic nitrogens is 1. The minimum atomic E-state index is -1.55. The van der Waals surface area contributed by atoms with Crippen molar-refractivity contribution in [2.24, 2.45) is 11.8 Å². The summed E-state index contributed by atoms with van der Waals surface area (Å²) < 4.78 is 15.4. The van der Waals surface area contributed by atoms with Crippen LogP contribution in [0.4, 0.5) is 0 Å². The number of rotatable bonds is 7. The molecule has 0 bridgehead atoms. The Bertz CT molecular complexity index is 722. The molecule has 0 aromatic carbocycles. The van der Waals surface area contributed by atoms with Gasteiger partial charge in [-0.05, 0) is 61.2 Å². The van der Waals surface area contributed by atoms with E-state index in [1.165, 1.54) is 0 Å². The number of pyridine rings is 1. The second-order valence-corrected chi connectivity index (χ2v) is 10.3. The molecule has 1 aromatic heterocycles. The lowest BCUT2D eigenvalue weighted by Crippen LogP contribution is -2.52. The van der Waals surface area contributed by atoms with Gasteiger partial charge in [0.2, 0.25) is 5.91 Å². The van der Waals surface area contributed by atoms with Crippen molar-refractivity contribution in [2.75, 3.05) is 0 Å². The molecular formula is C17H24BrN3O4S.